The lowest BCUT2D eigenvalue weighted by atomic mass is 9.70. The van der Waals surface area contributed by atoms with Crippen molar-refractivity contribution >= 4 is 23.4 Å². The van der Waals surface area contributed by atoms with E-state index in [2.05, 4.69) is 13.2 Å². The van der Waals surface area contributed by atoms with Gasteiger partial charge in [0.2, 0.25) is 17.7 Å². The predicted molar refractivity (Wildman–Crippen MR) is 166 cm³/mol. The zero-order valence-electron chi connectivity index (χ0n) is 25.4. The summed E-state index contributed by atoms with van der Waals surface area (Å²) in [5.41, 5.74) is -0.0953. The first-order valence-electron chi connectivity index (χ1n) is 15.1. The van der Waals surface area contributed by atoms with Crippen LogP contribution < -0.4 is 4.90 Å². The summed E-state index contributed by atoms with van der Waals surface area (Å²) in [7, 11) is 0. The molecule has 0 saturated carbocycles. The molecule has 2 aromatic carbocycles. The molecule has 0 aliphatic carbocycles. The van der Waals surface area contributed by atoms with Crippen LogP contribution in [0.25, 0.3) is 0 Å². The largest absolute Gasteiger partial charge is 0.394 e. The number of hydrogen-bond donors (Lipinski definition) is 1. The summed E-state index contributed by atoms with van der Waals surface area (Å²) in [5, 5.41) is 10.7. The first-order chi connectivity index (χ1) is 20.6. The minimum Gasteiger partial charge on any atom is -0.394 e. The number of hydrogen-bond acceptors (Lipinski definition) is 5. The van der Waals surface area contributed by atoms with Gasteiger partial charge in [-0.1, -0.05) is 60.7 Å². The Balaban J connectivity index is 1.60. The molecule has 5 rings (SSSR count). The molecule has 2 bridgehead atoms. The van der Waals surface area contributed by atoms with Crippen molar-refractivity contribution in [3.8, 4) is 0 Å². The second kappa shape index (κ2) is 12.1. The zero-order valence-corrected chi connectivity index (χ0v) is 25.4. The van der Waals surface area contributed by atoms with E-state index >= 15 is 0 Å². The van der Waals surface area contributed by atoms with Gasteiger partial charge in [0.1, 0.15) is 11.6 Å². The molecule has 1 spiro atoms. The van der Waals surface area contributed by atoms with E-state index in [1.165, 1.54) is 0 Å². The highest BCUT2D eigenvalue weighted by atomic mass is 16.5. The fourth-order valence-corrected chi connectivity index (χ4v) is 7.39. The average molecular weight is 586 g/mol. The Kier molecular flexibility index (Phi) is 8.63. The van der Waals surface area contributed by atoms with E-state index in [1.807, 2.05) is 81.4 Å². The Hall–Kier alpha value is -3.75. The van der Waals surface area contributed by atoms with E-state index in [4.69, 9.17) is 4.74 Å². The molecule has 228 valence electrons. The maximum atomic E-state index is 14.7. The molecule has 0 aromatic heterocycles. The van der Waals surface area contributed by atoms with Gasteiger partial charge in [-0.25, -0.2) is 0 Å². The Morgan fingerprint density at radius 2 is 1.67 bits per heavy atom. The van der Waals surface area contributed by atoms with Crippen LogP contribution >= 0.6 is 0 Å². The van der Waals surface area contributed by atoms with E-state index < -0.39 is 41.2 Å². The fraction of sp³-hybridized carbons (Fsp3) is 0.457. The SMILES string of the molecule is C=CCN(C(=O)[C@@H]1[C@@H]2CCC3(O2)C(C(=O)N(CC=C)C(C)(C)C)N([C@@H](CO)Cc2ccccc2)C(=O)[C@H]13)c1ccccc1. The molecule has 1 N–H and O–H groups in total. The minimum absolute atomic E-state index is 0.216. The quantitative estimate of drug-likeness (QED) is 0.403. The zero-order chi connectivity index (χ0) is 30.9. The molecule has 3 fully saturated rings. The van der Waals surface area contributed by atoms with E-state index in [0.29, 0.717) is 24.9 Å². The van der Waals surface area contributed by atoms with E-state index in [1.54, 1.807) is 26.9 Å². The van der Waals surface area contributed by atoms with Crippen molar-refractivity contribution < 1.29 is 24.2 Å². The summed E-state index contributed by atoms with van der Waals surface area (Å²) < 4.78 is 6.71. The number of rotatable bonds is 11. The number of amides is 3. The maximum absolute atomic E-state index is 14.7. The van der Waals surface area contributed by atoms with Crippen molar-refractivity contribution in [2.75, 3.05) is 24.6 Å². The summed E-state index contributed by atoms with van der Waals surface area (Å²) in [5.74, 6) is -2.40. The summed E-state index contributed by atoms with van der Waals surface area (Å²) >= 11 is 0. The maximum Gasteiger partial charge on any atom is 0.249 e. The first-order valence-corrected chi connectivity index (χ1v) is 15.1. The second-order valence-electron chi connectivity index (χ2n) is 12.8. The Morgan fingerprint density at radius 3 is 2.26 bits per heavy atom. The Morgan fingerprint density at radius 1 is 1.05 bits per heavy atom. The average Bonchev–Trinajstić information content (AvgIpc) is 3.64. The van der Waals surface area contributed by atoms with E-state index in [9.17, 15) is 19.5 Å². The van der Waals surface area contributed by atoms with Crippen LogP contribution in [0.5, 0.6) is 0 Å². The molecule has 3 aliphatic rings. The Labute approximate surface area is 254 Å². The molecule has 43 heavy (non-hydrogen) atoms. The number of anilines is 1. The van der Waals surface area contributed by atoms with Gasteiger partial charge in [-0.05, 0) is 57.7 Å². The fourth-order valence-electron chi connectivity index (χ4n) is 7.39. The minimum atomic E-state index is -1.18. The number of fused-ring (bicyclic) bond motifs is 1. The highest BCUT2D eigenvalue weighted by Gasteiger charge is 2.75. The lowest BCUT2D eigenvalue weighted by molar-refractivity contribution is -0.154. The summed E-state index contributed by atoms with van der Waals surface area (Å²) in [6.45, 7) is 13.8. The van der Waals surface area contributed by atoms with Crippen LogP contribution in [0.15, 0.2) is 86.0 Å². The van der Waals surface area contributed by atoms with Gasteiger partial charge in [-0.3, -0.25) is 14.4 Å². The molecule has 0 radical (unpaired) electrons. The lowest BCUT2D eigenvalue weighted by Crippen LogP contribution is -2.62. The van der Waals surface area contributed by atoms with Crippen LogP contribution in [-0.2, 0) is 25.5 Å². The van der Waals surface area contributed by atoms with Crippen LogP contribution in [0.1, 0.15) is 39.2 Å². The van der Waals surface area contributed by atoms with Gasteiger partial charge < -0.3 is 24.5 Å². The van der Waals surface area contributed by atoms with Crippen LogP contribution in [0, 0.1) is 11.8 Å². The van der Waals surface area contributed by atoms with Crippen molar-refractivity contribution in [2.45, 2.75) is 69.4 Å². The van der Waals surface area contributed by atoms with Crippen molar-refractivity contribution in [1.29, 1.82) is 0 Å². The molecule has 3 heterocycles. The molecule has 8 nitrogen and oxygen atoms in total. The van der Waals surface area contributed by atoms with Crippen molar-refractivity contribution in [3.05, 3.63) is 91.5 Å². The molecular weight excluding hydrogens is 542 g/mol. The third-order valence-electron chi connectivity index (χ3n) is 9.21. The van der Waals surface area contributed by atoms with Crippen molar-refractivity contribution in [3.63, 3.8) is 0 Å². The molecule has 8 heteroatoms. The van der Waals surface area contributed by atoms with Gasteiger partial charge in [0.15, 0.2) is 0 Å². The summed E-state index contributed by atoms with van der Waals surface area (Å²) in [6.07, 6.45) is 4.27. The highest BCUT2D eigenvalue weighted by molar-refractivity contribution is 6.03. The van der Waals surface area contributed by atoms with Gasteiger partial charge in [-0.15, -0.1) is 13.2 Å². The van der Waals surface area contributed by atoms with Crippen LogP contribution in [0.4, 0.5) is 5.69 Å². The molecule has 3 amide bonds. The van der Waals surface area contributed by atoms with Gasteiger partial charge in [0.05, 0.1) is 30.6 Å². The standard InChI is InChI=1S/C35H43N3O5/c1-6-20-36(25-16-12-9-13-17-25)31(40)28-27-18-19-35(43-27)29(28)32(41)38(26(23-39)22-24-14-10-8-11-15-24)30(35)33(42)37(21-7-2)34(3,4)5/h6-17,26-30,39H,1-2,18-23H2,3-5H3/t26-,27+,28-,29+,30?,35?/m1/s1. The van der Waals surface area contributed by atoms with Crippen LogP contribution in [-0.4, -0.2) is 81.7 Å². The number of carbonyl (C=O) groups excluding carboxylic acids is 3. The number of para-hydroxylation sites is 1. The lowest BCUT2D eigenvalue weighted by Gasteiger charge is -2.43. The summed E-state index contributed by atoms with van der Waals surface area (Å²) in [6, 6.07) is 17.3. The number of carbonyl (C=O) groups is 3. The van der Waals surface area contributed by atoms with Crippen molar-refractivity contribution in [1.82, 2.24) is 9.80 Å². The highest BCUT2D eigenvalue weighted by Crippen LogP contribution is 2.59. The van der Waals surface area contributed by atoms with Gasteiger partial charge in [0.25, 0.3) is 0 Å². The molecular formula is C35H43N3O5. The number of ether oxygens (including phenoxy) is 1. The van der Waals surface area contributed by atoms with Crippen LogP contribution in [0.3, 0.4) is 0 Å². The first kappa shape index (κ1) is 30.7. The molecule has 6 atom stereocenters. The monoisotopic (exact) mass is 585 g/mol. The van der Waals surface area contributed by atoms with E-state index in [0.717, 1.165) is 5.56 Å². The third-order valence-corrected chi connectivity index (χ3v) is 9.21. The molecule has 3 saturated heterocycles. The normalized spacial score (nSPS) is 26.6. The van der Waals surface area contributed by atoms with Gasteiger partial charge >= 0.3 is 0 Å². The predicted octanol–water partition coefficient (Wildman–Crippen LogP) is 4.00. The number of likely N-dealkylation sites (tertiary alicyclic amines) is 1. The summed E-state index contributed by atoms with van der Waals surface area (Å²) in [4.78, 5) is 48.7. The smallest absolute Gasteiger partial charge is 0.249 e. The number of benzene rings is 2. The van der Waals surface area contributed by atoms with E-state index in [-0.39, 0.29) is 37.4 Å². The number of nitrogens with zero attached hydrogens (tertiary/aromatic N) is 3. The van der Waals surface area contributed by atoms with Crippen molar-refractivity contribution in [2.24, 2.45) is 11.8 Å². The van der Waals surface area contributed by atoms with Crippen LogP contribution in [0.2, 0.25) is 0 Å². The third kappa shape index (κ3) is 5.31. The molecule has 2 aromatic rings. The van der Waals surface area contributed by atoms with Gasteiger partial charge in [0, 0.05) is 24.3 Å². The second-order valence-corrected chi connectivity index (χ2v) is 12.8. The van der Waals surface area contributed by atoms with Gasteiger partial charge in [-0.2, -0.15) is 0 Å². The Bertz CT molecular complexity index is 1360. The number of aliphatic hydroxyl groups is 1. The molecule has 2 unspecified atom stereocenters. The number of aliphatic hydroxyl groups excluding tert-OH is 1. The topological polar surface area (TPSA) is 90.4 Å². The molecule has 3 aliphatic heterocycles.